The van der Waals surface area contributed by atoms with Crippen molar-refractivity contribution in [2.75, 3.05) is 6.54 Å². The van der Waals surface area contributed by atoms with E-state index in [1.807, 2.05) is 30.3 Å². The van der Waals surface area contributed by atoms with Crippen molar-refractivity contribution in [3.8, 4) is 0 Å². The van der Waals surface area contributed by atoms with Crippen LogP contribution in [-0.4, -0.2) is 64.2 Å². The van der Waals surface area contributed by atoms with Crippen molar-refractivity contribution in [3.05, 3.63) is 35.9 Å². The van der Waals surface area contributed by atoms with E-state index >= 15 is 0 Å². The number of nitrogens with zero attached hydrogens (tertiary/aromatic N) is 2. The summed E-state index contributed by atoms with van der Waals surface area (Å²) >= 11 is 0. The van der Waals surface area contributed by atoms with E-state index in [9.17, 15) is 24.0 Å². The molecule has 0 unspecified atom stereocenters. The van der Waals surface area contributed by atoms with Crippen LogP contribution in [0.25, 0.3) is 0 Å². The lowest BCUT2D eigenvalue weighted by Crippen LogP contribution is -2.55. The zero-order valence-electron chi connectivity index (χ0n) is 19.5. The third kappa shape index (κ3) is 6.69. The molecule has 34 heavy (non-hydrogen) atoms. The van der Waals surface area contributed by atoms with E-state index in [1.165, 1.54) is 4.90 Å². The SMILES string of the molecule is CC(C)(C)OC(=O)N1CCC[C@H]1C(=O)N[C@@H](Cc1ccccc1)NC(=O)ON1C(=O)CCC1=O. The van der Waals surface area contributed by atoms with Crippen molar-refractivity contribution in [2.45, 2.75) is 70.7 Å². The van der Waals surface area contributed by atoms with Crippen LogP contribution >= 0.6 is 0 Å². The Morgan fingerprint density at radius 2 is 1.71 bits per heavy atom. The molecule has 2 aliphatic heterocycles. The second-order valence-corrected chi connectivity index (χ2v) is 9.19. The van der Waals surface area contributed by atoms with Crippen LogP contribution in [0.3, 0.4) is 0 Å². The number of hydrogen-bond donors (Lipinski definition) is 2. The molecule has 0 aromatic heterocycles. The highest BCUT2D eigenvalue weighted by Crippen LogP contribution is 2.21. The summed E-state index contributed by atoms with van der Waals surface area (Å²) in [4.78, 5) is 67.7. The minimum atomic E-state index is -1.06. The summed E-state index contributed by atoms with van der Waals surface area (Å²) in [6.45, 7) is 5.62. The lowest BCUT2D eigenvalue weighted by Gasteiger charge is -2.29. The third-order valence-corrected chi connectivity index (χ3v) is 5.25. The van der Waals surface area contributed by atoms with Gasteiger partial charge in [-0.25, -0.2) is 9.59 Å². The lowest BCUT2D eigenvalue weighted by molar-refractivity contribution is -0.171. The van der Waals surface area contributed by atoms with E-state index in [1.54, 1.807) is 20.8 Å². The molecule has 11 heteroatoms. The van der Waals surface area contributed by atoms with Crippen molar-refractivity contribution in [2.24, 2.45) is 0 Å². The summed E-state index contributed by atoms with van der Waals surface area (Å²) in [6, 6.07) is 8.35. The van der Waals surface area contributed by atoms with Crippen molar-refractivity contribution >= 4 is 29.9 Å². The van der Waals surface area contributed by atoms with E-state index in [-0.39, 0.29) is 19.3 Å². The maximum atomic E-state index is 13.1. The molecule has 11 nitrogen and oxygen atoms in total. The first-order valence-electron chi connectivity index (χ1n) is 11.2. The number of rotatable bonds is 6. The quantitative estimate of drug-likeness (QED) is 0.475. The fourth-order valence-electron chi connectivity index (χ4n) is 3.74. The Hall–Kier alpha value is -3.63. The summed E-state index contributed by atoms with van der Waals surface area (Å²) < 4.78 is 5.41. The summed E-state index contributed by atoms with van der Waals surface area (Å²) in [7, 11) is 0. The Balaban J connectivity index is 1.68. The lowest BCUT2D eigenvalue weighted by atomic mass is 10.1. The monoisotopic (exact) mass is 474 g/mol. The van der Waals surface area contributed by atoms with Gasteiger partial charge in [-0.2, -0.15) is 0 Å². The van der Waals surface area contributed by atoms with Crippen LogP contribution in [0.15, 0.2) is 30.3 Å². The minimum absolute atomic E-state index is 0.0293. The Bertz CT molecular complexity index is 928. The fourth-order valence-corrected chi connectivity index (χ4v) is 3.74. The van der Waals surface area contributed by atoms with E-state index < -0.39 is 47.7 Å². The predicted molar refractivity (Wildman–Crippen MR) is 119 cm³/mol. The Morgan fingerprint density at radius 1 is 1.06 bits per heavy atom. The molecule has 0 bridgehead atoms. The Morgan fingerprint density at radius 3 is 2.32 bits per heavy atom. The normalized spacial score (nSPS) is 19.1. The van der Waals surface area contributed by atoms with Gasteiger partial charge in [0.25, 0.3) is 11.8 Å². The summed E-state index contributed by atoms with van der Waals surface area (Å²) in [5.74, 6) is -1.68. The number of likely N-dealkylation sites (tertiary alicyclic amines) is 1. The number of carbonyl (C=O) groups is 5. The van der Waals surface area contributed by atoms with Gasteiger partial charge in [0, 0.05) is 25.8 Å². The molecule has 1 aromatic carbocycles. The number of hydrogen-bond acceptors (Lipinski definition) is 7. The largest absolute Gasteiger partial charge is 0.444 e. The van der Waals surface area contributed by atoms with E-state index in [4.69, 9.17) is 9.57 Å². The van der Waals surface area contributed by atoms with Crippen LogP contribution in [0.2, 0.25) is 0 Å². The standard InChI is InChI=1S/C23H30N4O7/c1-23(2,3)33-22(32)26-13-7-10-16(26)20(30)24-17(14-15-8-5-4-6-9-15)25-21(31)34-27-18(28)11-12-19(27)29/h4-6,8-9,16-17H,7,10-14H2,1-3H3,(H,24,30)(H,25,31)/t16-,17+/m0/s1. The van der Waals surface area contributed by atoms with Gasteiger partial charge in [0.05, 0.1) is 0 Å². The van der Waals surface area contributed by atoms with Crippen molar-refractivity contribution < 1.29 is 33.5 Å². The second-order valence-electron chi connectivity index (χ2n) is 9.19. The molecule has 2 heterocycles. The van der Waals surface area contributed by atoms with Gasteiger partial charge in [-0.05, 0) is 39.2 Å². The molecule has 184 valence electrons. The van der Waals surface area contributed by atoms with Crippen LogP contribution < -0.4 is 10.6 Å². The highest BCUT2D eigenvalue weighted by Gasteiger charge is 2.38. The predicted octanol–water partition coefficient (Wildman–Crippen LogP) is 1.86. The number of benzene rings is 1. The molecule has 2 fully saturated rings. The number of amides is 5. The van der Waals surface area contributed by atoms with Crippen LogP contribution in [0.1, 0.15) is 52.0 Å². The number of carbonyl (C=O) groups excluding carboxylic acids is 5. The van der Waals surface area contributed by atoms with E-state index in [0.717, 1.165) is 5.56 Å². The molecule has 0 spiro atoms. The average Bonchev–Trinajstić information content (AvgIpc) is 3.36. The summed E-state index contributed by atoms with van der Waals surface area (Å²) in [6.07, 6.45) is -1.32. The molecule has 2 atom stereocenters. The number of imide groups is 1. The molecule has 0 radical (unpaired) electrons. The van der Waals surface area contributed by atoms with Crippen molar-refractivity contribution in [1.29, 1.82) is 0 Å². The molecule has 2 aliphatic rings. The van der Waals surface area contributed by atoms with Gasteiger partial charge < -0.3 is 14.9 Å². The van der Waals surface area contributed by atoms with Crippen LogP contribution in [-0.2, 0) is 30.4 Å². The smallest absolute Gasteiger partial charge is 0.433 e. The average molecular weight is 475 g/mol. The molecule has 0 aliphatic carbocycles. The van der Waals surface area contributed by atoms with Gasteiger partial charge in [-0.3, -0.25) is 24.6 Å². The summed E-state index contributed by atoms with van der Waals surface area (Å²) in [5, 5.41) is 5.67. The molecule has 2 N–H and O–H groups in total. The maximum Gasteiger partial charge on any atom is 0.433 e. The van der Waals surface area contributed by atoms with Crippen LogP contribution in [0.4, 0.5) is 9.59 Å². The maximum absolute atomic E-state index is 13.1. The molecule has 2 saturated heterocycles. The first kappa shape index (κ1) is 25.0. The highest BCUT2D eigenvalue weighted by molar-refractivity contribution is 6.01. The molecule has 0 saturated carbocycles. The first-order chi connectivity index (χ1) is 16.0. The second kappa shape index (κ2) is 10.5. The Labute approximate surface area is 197 Å². The third-order valence-electron chi connectivity index (χ3n) is 5.25. The van der Waals surface area contributed by atoms with Gasteiger partial charge in [0.1, 0.15) is 17.8 Å². The van der Waals surface area contributed by atoms with Gasteiger partial charge in [0.2, 0.25) is 5.91 Å². The van der Waals surface area contributed by atoms with Crippen LogP contribution in [0, 0.1) is 0 Å². The van der Waals surface area contributed by atoms with Gasteiger partial charge in [-0.1, -0.05) is 30.3 Å². The highest BCUT2D eigenvalue weighted by atomic mass is 16.7. The Kier molecular flexibility index (Phi) is 7.75. The van der Waals surface area contributed by atoms with Gasteiger partial charge in [-0.15, -0.1) is 5.06 Å². The van der Waals surface area contributed by atoms with E-state index in [2.05, 4.69) is 10.6 Å². The zero-order chi connectivity index (χ0) is 24.9. The number of hydroxylamine groups is 2. The molecular weight excluding hydrogens is 444 g/mol. The number of nitrogens with one attached hydrogen (secondary N) is 2. The fraction of sp³-hybridized carbons (Fsp3) is 0.522. The topological polar surface area (TPSA) is 134 Å². The van der Waals surface area contributed by atoms with Crippen molar-refractivity contribution in [3.63, 3.8) is 0 Å². The molecule has 3 rings (SSSR count). The zero-order valence-corrected chi connectivity index (χ0v) is 19.5. The van der Waals surface area contributed by atoms with Crippen molar-refractivity contribution in [1.82, 2.24) is 20.6 Å². The summed E-state index contributed by atoms with van der Waals surface area (Å²) in [5.41, 5.74) is 0.114. The molecular formula is C23H30N4O7. The molecule has 1 aromatic rings. The molecule has 5 amide bonds. The van der Waals surface area contributed by atoms with Gasteiger partial charge in [0.15, 0.2) is 0 Å². The minimum Gasteiger partial charge on any atom is -0.444 e. The first-order valence-corrected chi connectivity index (χ1v) is 11.2. The van der Waals surface area contributed by atoms with Gasteiger partial charge >= 0.3 is 12.2 Å². The number of ether oxygens (including phenoxy) is 1. The van der Waals surface area contributed by atoms with E-state index in [0.29, 0.717) is 24.4 Å². The van der Waals surface area contributed by atoms with Crippen LogP contribution in [0.5, 0.6) is 0 Å².